The van der Waals surface area contributed by atoms with Crippen molar-refractivity contribution in [1.82, 2.24) is 15.1 Å². The summed E-state index contributed by atoms with van der Waals surface area (Å²) in [6, 6.07) is 9.97. The number of furan rings is 1. The van der Waals surface area contributed by atoms with Gasteiger partial charge >= 0.3 is 0 Å². The van der Waals surface area contributed by atoms with Crippen molar-refractivity contribution in [2.45, 2.75) is 0 Å². The molecule has 0 aliphatic carbocycles. The first-order valence-corrected chi connectivity index (χ1v) is 10.1. The van der Waals surface area contributed by atoms with Gasteiger partial charge in [-0.2, -0.15) is 0 Å². The van der Waals surface area contributed by atoms with Gasteiger partial charge in [0.25, 0.3) is 17.1 Å². The number of nitrogens with zero attached hydrogens (tertiary/aromatic N) is 2. The molecule has 1 aromatic heterocycles. The third-order valence-electron chi connectivity index (χ3n) is 4.16. The molecule has 2 heterocycles. The van der Waals surface area contributed by atoms with Crippen molar-refractivity contribution in [1.29, 1.82) is 0 Å². The number of thioether (sulfide) groups is 1. The van der Waals surface area contributed by atoms with Gasteiger partial charge in [0.1, 0.15) is 0 Å². The van der Waals surface area contributed by atoms with Crippen LogP contribution < -0.4 is 5.32 Å². The maximum Gasteiger partial charge on any atom is 0.293 e. The number of carbonyl (C=O) groups excluding carboxylic acids is 4. The molecule has 0 saturated carbocycles. The molecule has 8 nitrogen and oxygen atoms in total. The van der Waals surface area contributed by atoms with Gasteiger partial charge < -0.3 is 14.6 Å². The van der Waals surface area contributed by atoms with Crippen molar-refractivity contribution < 1.29 is 23.6 Å². The number of rotatable bonds is 7. The number of benzene rings is 1. The highest BCUT2D eigenvalue weighted by molar-refractivity contribution is 8.18. The molecule has 4 amide bonds. The second-order valence-electron chi connectivity index (χ2n) is 6.37. The van der Waals surface area contributed by atoms with Crippen LogP contribution in [0, 0.1) is 0 Å². The van der Waals surface area contributed by atoms with Crippen LogP contribution in [-0.4, -0.2) is 59.4 Å². The molecule has 0 bridgehead atoms. The summed E-state index contributed by atoms with van der Waals surface area (Å²) in [5, 5.41) is 2.77. The van der Waals surface area contributed by atoms with Gasteiger partial charge in [-0.1, -0.05) is 23.7 Å². The van der Waals surface area contributed by atoms with E-state index in [1.807, 2.05) is 0 Å². The zero-order valence-corrected chi connectivity index (χ0v) is 17.5. The average molecular weight is 448 g/mol. The maximum atomic E-state index is 12.5. The highest BCUT2D eigenvalue weighted by Gasteiger charge is 2.34. The largest absolute Gasteiger partial charge is 0.459 e. The van der Waals surface area contributed by atoms with E-state index < -0.39 is 23.0 Å². The SMILES string of the molecule is CN(CC(=O)NCCN1C(=O)SC(=Cc2ccc(Cl)cc2)C1=O)C(=O)c1ccco1. The Kier molecular flexibility index (Phi) is 6.96. The fourth-order valence-corrected chi connectivity index (χ4v) is 3.63. The first-order chi connectivity index (χ1) is 14.3. The summed E-state index contributed by atoms with van der Waals surface area (Å²) >= 11 is 6.69. The minimum atomic E-state index is -0.423. The van der Waals surface area contributed by atoms with Gasteiger partial charge in [0.2, 0.25) is 5.91 Å². The van der Waals surface area contributed by atoms with Crippen molar-refractivity contribution >= 4 is 52.4 Å². The topological polar surface area (TPSA) is 99.9 Å². The number of nitrogens with one attached hydrogen (secondary N) is 1. The van der Waals surface area contributed by atoms with Gasteiger partial charge in [0, 0.05) is 25.2 Å². The number of likely N-dealkylation sites (N-methyl/N-ethyl adjacent to an activating group) is 1. The van der Waals surface area contributed by atoms with Crippen LogP contribution in [0.2, 0.25) is 5.02 Å². The second-order valence-corrected chi connectivity index (χ2v) is 7.80. The first kappa shape index (κ1) is 21.7. The highest BCUT2D eigenvalue weighted by atomic mass is 35.5. The average Bonchev–Trinajstić information content (AvgIpc) is 3.33. The molecular formula is C20H18ClN3O5S. The number of amides is 4. The van der Waals surface area contributed by atoms with Crippen LogP contribution in [0.3, 0.4) is 0 Å². The van der Waals surface area contributed by atoms with E-state index >= 15 is 0 Å². The molecule has 1 fully saturated rings. The summed E-state index contributed by atoms with van der Waals surface area (Å²) in [6.45, 7) is -0.0734. The Balaban J connectivity index is 1.49. The Bertz CT molecular complexity index is 988. The molecule has 1 aliphatic heterocycles. The Morgan fingerprint density at radius 3 is 2.63 bits per heavy atom. The van der Waals surface area contributed by atoms with Crippen LogP contribution in [0.15, 0.2) is 52.0 Å². The number of halogens is 1. The third-order valence-corrected chi connectivity index (χ3v) is 5.32. The predicted octanol–water partition coefficient (Wildman–Crippen LogP) is 2.86. The molecule has 0 atom stereocenters. The van der Waals surface area contributed by atoms with E-state index in [-0.39, 0.29) is 25.4 Å². The summed E-state index contributed by atoms with van der Waals surface area (Å²) in [6.07, 6.45) is 2.99. The monoisotopic (exact) mass is 447 g/mol. The number of carbonyl (C=O) groups is 4. The molecular weight excluding hydrogens is 430 g/mol. The lowest BCUT2D eigenvalue weighted by Crippen LogP contribution is -2.42. The lowest BCUT2D eigenvalue weighted by atomic mass is 10.2. The van der Waals surface area contributed by atoms with E-state index in [0.29, 0.717) is 9.93 Å². The van der Waals surface area contributed by atoms with Crippen LogP contribution in [-0.2, 0) is 9.59 Å². The van der Waals surface area contributed by atoms with E-state index in [2.05, 4.69) is 5.32 Å². The number of hydrogen-bond donors (Lipinski definition) is 1. The van der Waals surface area contributed by atoms with Crippen molar-refractivity contribution in [3.8, 4) is 0 Å². The Hall–Kier alpha value is -3.04. The fourth-order valence-electron chi connectivity index (χ4n) is 2.64. The van der Waals surface area contributed by atoms with E-state index in [9.17, 15) is 19.2 Å². The molecule has 1 aromatic carbocycles. The Morgan fingerprint density at radius 2 is 1.97 bits per heavy atom. The third kappa shape index (κ3) is 5.31. The van der Waals surface area contributed by atoms with E-state index in [1.165, 1.54) is 24.3 Å². The second kappa shape index (κ2) is 9.64. The van der Waals surface area contributed by atoms with Gasteiger partial charge in [-0.25, -0.2) is 0 Å². The summed E-state index contributed by atoms with van der Waals surface area (Å²) in [7, 11) is 1.47. The molecule has 0 radical (unpaired) electrons. The van der Waals surface area contributed by atoms with E-state index in [0.717, 1.165) is 22.2 Å². The van der Waals surface area contributed by atoms with Gasteiger partial charge in [0.05, 0.1) is 17.7 Å². The first-order valence-electron chi connectivity index (χ1n) is 8.92. The molecule has 0 spiro atoms. The van der Waals surface area contributed by atoms with Crippen LogP contribution in [0.4, 0.5) is 4.79 Å². The standard InChI is InChI=1S/C20H18ClN3O5S/c1-23(18(26)15-3-2-10-29-15)12-17(25)22-8-9-24-19(27)16(30-20(24)28)11-13-4-6-14(21)7-5-13/h2-7,10-11H,8-9,12H2,1H3,(H,22,25). The summed E-state index contributed by atoms with van der Waals surface area (Å²) in [4.78, 5) is 51.3. The minimum absolute atomic E-state index is 0.0320. The molecule has 10 heteroatoms. The van der Waals surface area contributed by atoms with Crippen LogP contribution >= 0.6 is 23.4 Å². The minimum Gasteiger partial charge on any atom is -0.459 e. The van der Waals surface area contributed by atoms with Gasteiger partial charge in [0.15, 0.2) is 5.76 Å². The van der Waals surface area contributed by atoms with Crippen LogP contribution in [0.25, 0.3) is 6.08 Å². The number of imide groups is 1. The van der Waals surface area contributed by atoms with Crippen LogP contribution in [0.1, 0.15) is 16.1 Å². The smallest absolute Gasteiger partial charge is 0.293 e. The molecule has 1 aliphatic rings. The van der Waals surface area contributed by atoms with E-state index in [1.54, 1.807) is 36.4 Å². The highest BCUT2D eigenvalue weighted by Crippen LogP contribution is 2.32. The van der Waals surface area contributed by atoms with E-state index in [4.69, 9.17) is 16.0 Å². The molecule has 1 saturated heterocycles. The fraction of sp³-hybridized carbons (Fsp3) is 0.200. The molecule has 1 N–H and O–H groups in total. The van der Waals surface area contributed by atoms with Crippen molar-refractivity contribution in [2.75, 3.05) is 26.7 Å². The van der Waals surface area contributed by atoms with Crippen molar-refractivity contribution in [3.63, 3.8) is 0 Å². The zero-order chi connectivity index (χ0) is 21.7. The zero-order valence-electron chi connectivity index (χ0n) is 16.0. The maximum absolute atomic E-state index is 12.5. The van der Waals surface area contributed by atoms with Gasteiger partial charge in [-0.3, -0.25) is 24.1 Å². The summed E-state index contributed by atoms with van der Waals surface area (Å²) in [5.74, 6) is -1.12. The Labute approximate surface area is 181 Å². The van der Waals surface area contributed by atoms with Gasteiger partial charge in [-0.05, 0) is 47.7 Å². The normalized spacial score (nSPS) is 15.0. The molecule has 0 unspecified atom stereocenters. The molecule has 30 heavy (non-hydrogen) atoms. The quantitative estimate of drug-likeness (QED) is 0.655. The van der Waals surface area contributed by atoms with Gasteiger partial charge in [-0.15, -0.1) is 0 Å². The van der Waals surface area contributed by atoms with Crippen molar-refractivity contribution in [2.24, 2.45) is 0 Å². The molecule has 3 rings (SSSR count). The number of hydrogen-bond acceptors (Lipinski definition) is 6. The predicted molar refractivity (Wildman–Crippen MR) is 113 cm³/mol. The summed E-state index contributed by atoms with van der Waals surface area (Å²) < 4.78 is 5.01. The lowest BCUT2D eigenvalue weighted by molar-refractivity contribution is -0.124. The molecule has 156 valence electrons. The molecule has 2 aromatic rings. The van der Waals surface area contributed by atoms with Crippen molar-refractivity contribution in [3.05, 3.63) is 63.9 Å². The van der Waals surface area contributed by atoms with Crippen LogP contribution in [0.5, 0.6) is 0 Å². The lowest BCUT2D eigenvalue weighted by Gasteiger charge is -2.16. The Morgan fingerprint density at radius 1 is 1.23 bits per heavy atom. The summed E-state index contributed by atoms with van der Waals surface area (Å²) in [5.41, 5.74) is 0.752.